The average Bonchev–Trinajstić information content (AvgIpc) is 3.13. The molecule has 0 aliphatic carbocycles. The fourth-order valence-corrected chi connectivity index (χ4v) is 5.09. The van der Waals surface area contributed by atoms with Crippen LogP contribution in [0.25, 0.3) is 0 Å². The Labute approximate surface area is 164 Å². The third kappa shape index (κ3) is 5.06. The largest absolute Gasteiger partial charge is 0.465 e. The van der Waals surface area contributed by atoms with Gasteiger partial charge in [-0.15, -0.1) is 10.2 Å². The lowest BCUT2D eigenvalue weighted by Crippen LogP contribution is -2.13. The first-order valence-electron chi connectivity index (χ1n) is 7.69. The quantitative estimate of drug-likeness (QED) is 0.461. The van der Waals surface area contributed by atoms with Crippen molar-refractivity contribution in [2.24, 2.45) is 0 Å². The molecule has 1 aromatic heterocycles. The first-order valence-corrected chi connectivity index (χ1v) is 11.0. The molecule has 0 spiro atoms. The Morgan fingerprint density at radius 2 is 1.93 bits per heavy atom. The van der Waals surface area contributed by atoms with Crippen LogP contribution in [0.15, 0.2) is 63.8 Å². The highest BCUT2D eigenvalue weighted by atomic mass is 32.2. The van der Waals surface area contributed by atoms with Crippen LogP contribution in [0.2, 0.25) is 0 Å². The summed E-state index contributed by atoms with van der Waals surface area (Å²) >= 11 is 2.62. The molecule has 140 valence electrons. The molecule has 0 aliphatic heterocycles. The predicted molar refractivity (Wildman–Crippen MR) is 105 cm³/mol. The van der Waals surface area contributed by atoms with Crippen molar-refractivity contribution >= 4 is 44.2 Å². The van der Waals surface area contributed by atoms with Gasteiger partial charge in [0.25, 0.3) is 10.0 Å². The molecule has 0 saturated carbocycles. The number of sulfonamides is 1. The Morgan fingerprint density at radius 3 is 2.67 bits per heavy atom. The standard InChI is InChI=1S/C17H15N3O4S3/c1-24-15(21)13-8-5-9-14(10-13)27(22,23)20-16-18-19-17(26-16)25-11-12-6-3-2-4-7-12/h2-10H,11H2,1H3,(H,18,20). The first kappa shape index (κ1) is 19.3. The lowest BCUT2D eigenvalue weighted by atomic mass is 10.2. The summed E-state index contributed by atoms with van der Waals surface area (Å²) in [6, 6.07) is 15.5. The molecule has 1 N–H and O–H groups in total. The Kier molecular flexibility index (Phi) is 6.09. The molecule has 10 heteroatoms. The van der Waals surface area contributed by atoms with Crippen LogP contribution in [0.4, 0.5) is 5.13 Å². The summed E-state index contributed by atoms with van der Waals surface area (Å²) in [6.45, 7) is 0. The molecule has 0 saturated heterocycles. The molecule has 3 aromatic rings. The minimum absolute atomic E-state index is 0.0564. The molecular weight excluding hydrogens is 406 g/mol. The number of nitrogens with zero attached hydrogens (tertiary/aromatic N) is 2. The zero-order valence-electron chi connectivity index (χ0n) is 14.2. The van der Waals surface area contributed by atoms with E-state index in [0.29, 0.717) is 10.1 Å². The summed E-state index contributed by atoms with van der Waals surface area (Å²) in [6.07, 6.45) is 0. The topological polar surface area (TPSA) is 98.2 Å². The van der Waals surface area contributed by atoms with E-state index in [1.165, 1.54) is 43.1 Å². The van der Waals surface area contributed by atoms with Gasteiger partial charge in [0.05, 0.1) is 17.6 Å². The molecule has 0 aliphatic rings. The maximum Gasteiger partial charge on any atom is 0.337 e. The number of rotatable bonds is 7. The molecule has 7 nitrogen and oxygen atoms in total. The smallest absolute Gasteiger partial charge is 0.337 e. The van der Waals surface area contributed by atoms with E-state index in [4.69, 9.17) is 0 Å². The van der Waals surface area contributed by atoms with Gasteiger partial charge in [-0.05, 0) is 23.8 Å². The molecule has 0 unspecified atom stereocenters. The molecule has 0 fully saturated rings. The van der Waals surface area contributed by atoms with E-state index in [0.717, 1.165) is 16.9 Å². The first-order chi connectivity index (χ1) is 13.0. The van der Waals surface area contributed by atoms with Gasteiger partial charge in [0.1, 0.15) is 0 Å². The number of hydrogen-bond donors (Lipinski definition) is 1. The number of methoxy groups -OCH3 is 1. The second-order valence-electron chi connectivity index (χ2n) is 5.27. The molecule has 0 radical (unpaired) electrons. The second-order valence-corrected chi connectivity index (χ2v) is 9.15. The molecule has 3 rings (SSSR count). The predicted octanol–water partition coefficient (Wildman–Crippen LogP) is 3.42. The van der Waals surface area contributed by atoms with Gasteiger partial charge in [-0.25, -0.2) is 13.2 Å². The molecule has 27 heavy (non-hydrogen) atoms. The van der Waals surface area contributed by atoms with Gasteiger partial charge in [-0.1, -0.05) is 59.5 Å². The number of nitrogens with one attached hydrogen (secondary N) is 1. The van der Waals surface area contributed by atoms with Gasteiger partial charge in [-0.3, -0.25) is 4.72 Å². The van der Waals surface area contributed by atoms with Crippen LogP contribution < -0.4 is 4.72 Å². The van der Waals surface area contributed by atoms with Gasteiger partial charge < -0.3 is 4.74 Å². The fourth-order valence-electron chi connectivity index (χ4n) is 2.11. The van der Waals surface area contributed by atoms with Crippen LogP contribution in [0.3, 0.4) is 0 Å². The SMILES string of the molecule is COC(=O)c1cccc(S(=O)(=O)Nc2nnc(SCc3ccccc3)s2)c1. The maximum absolute atomic E-state index is 12.5. The Morgan fingerprint density at radius 1 is 1.15 bits per heavy atom. The number of ether oxygens (including phenoxy) is 1. The van der Waals surface area contributed by atoms with Crippen molar-refractivity contribution < 1.29 is 17.9 Å². The van der Waals surface area contributed by atoms with Gasteiger partial charge in [0.15, 0.2) is 4.34 Å². The molecule has 0 atom stereocenters. The number of thioether (sulfide) groups is 1. The van der Waals surface area contributed by atoms with Gasteiger partial charge >= 0.3 is 5.97 Å². The number of benzene rings is 2. The Bertz CT molecular complexity index is 1040. The second kappa shape index (κ2) is 8.51. The van der Waals surface area contributed by atoms with Crippen LogP contribution in [0, 0.1) is 0 Å². The highest BCUT2D eigenvalue weighted by molar-refractivity contribution is 8.00. The van der Waals surface area contributed by atoms with E-state index in [-0.39, 0.29) is 15.6 Å². The van der Waals surface area contributed by atoms with Crippen LogP contribution in [0.1, 0.15) is 15.9 Å². The normalized spacial score (nSPS) is 11.1. The third-order valence-electron chi connectivity index (χ3n) is 3.40. The summed E-state index contributed by atoms with van der Waals surface area (Å²) in [5.41, 5.74) is 1.29. The van der Waals surface area contributed by atoms with E-state index in [1.54, 1.807) is 0 Å². The minimum Gasteiger partial charge on any atom is -0.465 e. The molecule has 2 aromatic carbocycles. The summed E-state index contributed by atoms with van der Waals surface area (Å²) in [5, 5.41) is 8.04. The van der Waals surface area contributed by atoms with Crippen molar-refractivity contribution in [1.29, 1.82) is 0 Å². The molecule has 1 heterocycles. The number of hydrogen-bond acceptors (Lipinski definition) is 8. The number of aromatic nitrogens is 2. The van der Waals surface area contributed by atoms with Crippen LogP contribution in [-0.4, -0.2) is 31.7 Å². The maximum atomic E-state index is 12.5. The van der Waals surface area contributed by atoms with Crippen LogP contribution in [0.5, 0.6) is 0 Å². The number of esters is 1. The highest BCUT2D eigenvalue weighted by Crippen LogP contribution is 2.29. The lowest BCUT2D eigenvalue weighted by Gasteiger charge is -2.06. The van der Waals surface area contributed by atoms with Gasteiger partial charge in [0, 0.05) is 5.75 Å². The number of anilines is 1. The fraction of sp³-hybridized carbons (Fsp3) is 0.118. The van der Waals surface area contributed by atoms with Gasteiger partial charge in [0.2, 0.25) is 5.13 Å². The highest BCUT2D eigenvalue weighted by Gasteiger charge is 2.19. The zero-order chi connectivity index (χ0) is 19.3. The Balaban J connectivity index is 1.69. The van der Waals surface area contributed by atoms with Gasteiger partial charge in [-0.2, -0.15) is 0 Å². The third-order valence-corrected chi connectivity index (χ3v) is 6.91. The molecule has 0 bridgehead atoms. The summed E-state index contributed by atoms with van der Waals surface area (Å²) in [4.78, 5) is 11.5. The Hall–Kier alpha value is -2.43. The van der Waals surface area contributed by atoms with Crippen LogP contribution >= 0.6 is 23.1 Å². The number of carbonyl (C=O) groups is 1. The van der Waals surface area contributed by atoms with Crippen molar-refractivity contribution in [2.45, 2.75) is 15.0 Å². The number of carbonyl (C=O) groups excluding carboxylic acids is 1. The van der Waals surface area contributed by atoms with E-state index < -0.39 is 16.0 Å². The van der Waals surface area contributed by atoms with Crippen molar-refractivity contribution in [3.8, 4) is 0 Å². The minimum atomic E-state index is -3.89. The lowest BCUT2D eigenvalue weighted by molar-refractivity contribution is 0.0600. The molecule has 0 amide bonds. The van der Waals surface area contributed by atoms with Crippen molar-refractivity contribution in [2.75, 3.05) is 11.8 Å². The zero-order valence-corrected chi connectivity index (χ0v) is 16.6. The average molecular weight is 422 g/mol. The van der Waals surface area contributed by atoms with E-state index in [9.17, 15) is 13.2 Å². The van der Waals surface area contributed by atoms with E-state index in [1.807, 2.05) is 30.3 Å². The van der Waals surface area contributed by atoms with E-state index in [2.05, 4.69) is 19.7 Å². The molecular formula is C17H15N3O4S3. The van der Waals surface area contributed by atoms with Crippen molar-refractivity contribution in [3.05, 3.63) is 65.7 Å². The monoisotopic (exact) mass is 421 g/mol. The van der Waals surface area contributed by atoms with Crippen molar-refractivity contribution in [1.82, 2.24) is 10.2 Å². The van der Waals surface area contributed by atoms with E-state index >= 15 is 0 Å². The van der Waals surface area contributed by atoms with Crippen LogP contribution in [-0.2, 0) is 20.5 Å². The van der Waals surface area contributed by atoms with Crippen molar-refractivity contribution in [3.63, 3.8) is 0 Å². The summed E-state index contributed by atoms with van der Waals surface area (Å²) in [5.74, 6) is 0.103. The summed E-state index contributed by atoms with van der Waals surface area (Å²) < 4.78 is 32.7. The summed E-state index contributed by atoms with van der Waals surface area (Å²) in [7, 11) is -2.66.